The predicted molar refractivity (Wildman–Crippen MR) is 80.5 cm³/mol. The van der Waals surface area contributed by atoms with Gasteiger partial charge in [0.2, 0.25) is 0 Å². The lowest BCUT2D eigenvalue weighted by Gasteiger charge is -2.35. The van der Waals surface area contributed by atoms with Crippen LogP contribution in [0.4, 0.5) is 0 Å². The van der Waals surface area contributed by atoms with E-state index in [9.17, 15) is 4.79 Å². The van der Waals surface area contributed by atoms with Gasteiger partial charge in [0, 0.05) is 24.9 Å². The second-order valence-electron chi connectivity index (χ2n) is 6.99. The van der Waals surface area contributed by atoms with Gasteiger partial charge in [0.1, 0.15) is 5.78 Å². The zero-order chi connectivity index (χ0) is 14.3. The number of carbonyl (C=O) groups is 1. The summed E-state index contributed by atoms with van der Waals surface area (Å²) in [6.07, 6.45) is 9.89. The zero-order valence-electron chi connectivity index (χ0n) is 13.0. The topological polar surface area (TPSA) is 26.3 Å². The lowest BCUT2D eigenvalue weighted by molar-refractivity contribution is -0.125. The number of rotatable bonds is 2. The Bertz CT molecular complexity index is 482. The molecule has 0 aromatic carbocycles. The molecule has 0 aromatic rings. The molecule has 1 fully saturated rings. The van der Waals surface area contributed by atoms with Gasteiger partial charge in [-0.2, -0.15) is 0 Å². The Labute approximate surface area is 122 Å². The molecule has 0 aromatic heterocycles. The molecular weight excluding hydrogens is 248 g/mol. The predicted octanol–water partition coefficient (Wildman–Crippen LogP) is 4.21. The van der Waals surface area contributed by atoms with Crippen LogP contribution in [0.25, 0.3) is 0 Å². The molecule has 1 saturated carbocycles. The normalized spacial score (nSPS) is 36.6. The van der Waals surface area contributed by atoms with Crippen molar-refractivity contribution in [1.82, 2.24) is 0 Å². The van der Waals surface area contributed by atoms with Gasteiger partial charge in [-0.15, -0.1) is 0 Å². The Balaban J connectivity index is 2.15. The number of carbonyl (C=O) groups excluding carboxylic acids is 1. The van der Waals surface area contributed by atoms with E-state index in [1.165, 1.54) is 29.6 Å². The molecule has 0 radical (unpaired) electrons. The van der Waals surface area contributed by atoms with Gasteiger partial charge in [-0.1, -0.05) is 18.1 Å². The average Bonchev–Trinajstić information content (AvgIpc) is 2.97. The van der Waals surface area contributed by atoms with Crippen molar-refractivity contribution in [3.8, 4) is 0 Å². The van der Waals surface area contributed by atoms with Crippen LogP contribution in [-0.2, 0) is 9.53 Å². The van der Waals surface area contributed by atoms with Gasteiger partial charge in [0.25, 0.3) is 0 Å². The van der Waals surface area contributed by atoms with E-state index in [0.717, 1.165) is 25.7 Å². The molecule has 0 saturated heterocycles. The fourth-order valence-electron chi connectivity index (χ4n) is 4.85. The van der Waals surface area contributed by atoms with Crippen LogP contribution in [-0.4, -0.2) is 19.0 Å². The van der Waals surface area contributed by atoms with E-state index in [1.807, 2.05) is 0 Å². The van der Waals surface area contributed by atoms with E-state index < -0.39 is 0 Å². The highest BCUT2D eigenvalue weighted by Crippen LogP contribution is 2.60. The molecule has 1 spiro atoms. The standard InChI is InChI=1S/C18H26O2/c1-12(2)11-15-13-8-10-18(15)9-4-5-14(18)16(19)6-7-17(13)20-3/h11,14,17H,4-10H2,1-3H3/t14-,17-,18-/m0/s1. The van der Waals surface area contributed by atoms with Crippen molar-refractivity contribution < 1.29 is 9.53 Å². The molecule has 2 bridgehead atoms. The minimum atomic E-state index is 0.154. The Morgan fingerprint density at radius 3 is 2.75 bits per heavy atom. The molecule has 3 atom stereocenters. The van der Waals surface area contributed by atoms with Crippen molar-refractivity contribution in [3.05, 3.63) is 22.8 Å². The molecule has 0 amide bonds. The van der Waals surface area contributed by atoms with Crippen LogP contribution < -0.4 is 0 Å². The minimum Gasteiger partial charge on any atom is -0.377 e. The van der Waals surface area contributed by atoms with Gasteiger partial charge in [0.05, 0.1) is 6.10 Å². The minimum absolute atomic E-state index is 0.154. The third-order valence-corrected chi connectivity index (χ3v) is 5.65. The smallest absolute Gasteiger partial charge is 0.136 e. The maximum atomic E-state index is 12.6. The number of methoxy groups -OCH3 is 1. The lowest BCUT2D eigenvalue weighted by Crippen LogP contribution is -2.33. The molecule has 0 N–H and O–H groups in total. The van der Waals surface area contributed by atoms with Gasteiger partial charge >= 0.3 is 0 Å². The first-order valence-electron chi connectivity index (χ1n) is 8.02. The summed E-state index contributed by atoms with van der Waals surface area (Å²) in [5.74, 6) is 0.772. The highest BCUT2D eigenvalue weighted by molar-refractivity contribution is 5.83. The van der Waals surface area contributed by atoms with Gasteiger partial charge < -0.3 is 4.74 Å². The van der Waals surface area contributed by atoms with Crippen molar-refractivity contribution >= 4 is 5.78 Å². The van der Waals surface area contributed by atoms with E-state index in [0.29, 0.717) is 12.2 Å². The molecule has 2 nitrogen and oxygen atoms in total. The third-order valence-electron chi connectivity index (χ3n) is 5.65. The van der Waals surface area contributed by atoms with Crippen LogP contribution in [0, 0.1) is 11.3 Å². The summed E-state index contributed by atoms with van der Waals surface area (Å²) in [5.41, 5.74) is 4.46. The maximum absolute atomic E-state index is 12.6. The van der Waals surface area contributed by atoms with Crippen molar-refractivity contribution in [1.29, 1.82) is 0 Å². The molecular formula is C18H26O2. The number of hydrogen-bond acceptors (Lipinski definition) is 2. The van der Waals surface area contributed by atoms with Gasteiger partial charge in [0.15, 0.2) is 0 Å². The first-order valence-corrected chi connectivity index (χ1v) is 8.02. The lowest BCUT2D eigenvalue weighted by atomic mass is 9.68. The highest BCUT2D eigenvalue weighted by Gasteiger charge is 2.52. The Morgan fingerprint density at radius 2 is 2.05 bits per heavy atom. The second kappa shape index (κ2) is 5.14. The van der Waals surface area contributed by atoms with E-state index in [-0.39, 0.29) is 17.4 Å². The fourth-order valence-corrected chi connectivity index (χ4v) is 4.85. The Hall–Kier alpha value is -0.890. The van der Waals surface area contributed by atoms with Gasteiger partial charge in [-0.05, 0) is 57.1 Å². The molecule has 3 aliphatic rings. The van der Waals surface area contributed by atoms with Crippen LogP contribution in [0.1, 0.15) is 58.8 Å². The monoisotopic (exact) mass is 274 g/mol. The fraction of sp³-hybridized carbons (Fsp3) is 0.722. The molecule has 2 heteroatoms. The highest BCUT2D eigenvalue weighted by atomic mass is 16.5. The summed E-state index contributed by atoms with van der Waals surface area (Å²) in [6, 6.07) is 0. The summed E-state index contributed by atoms with van der Waals surface area (Å²) < 4.78 is 5.72. The molecule has 3 rings (SSSR count). The third kappa shape index (κ3) is 2.00. The SMILES string of the molecule is CO[C@H]1CCC(=O)[C@@H]2CCC[C@]23CCC1=C3C=C(C)C. The zero-order valence-corrected chi connectivity index (χ0v) is 13.0. The van der Waals surface area contributed by atoms with E-state index in [4.69, 9.17) is 4.74 Å². The number of ether oxygens (including phenoxy) is 1. The largest absolute Gasteiger partial charge is 0.377 e. The summed E-state index contributed by atoms with van der Waals surface area (Å²) in [6.45, 7) is 4.33. The van der Waals surface area contributed by atoms with E-state index in [2.05, 4.69) is 19.9 Å². The van der Waals surface area contributed by atoms with Crippen molar-refractivity contribution in [2.24, 2.45) is 11.3 Å². The van der Waals surface area contributed by atoms with Gasteiger partial charge in [-0.25, -0.2) is 0 Å². The van der Waals surface area contributed by atoms with Crippen LogP contribution in [0.3, 0.4) is 0 Å². The molecule has 110 valence electrons. The van der Waals surface area contributed by atoms with Crippen molar-refractivity contribution in [3.63, 3.8) is 0 Å². The van der Waals surface area contributed by atoms with Crippen LogP contribution >= 0.6 is 0 Å². The Kier molecular flexibility index (Phi) is 3.62. The quantitative estimate of drug-likeness (QED) is 0.754. The molecule has 3 aliphatic carbocycles. The first-order chi connectivity index (χ1) is 9.58. The summed E-state index contributed by atoms with van der Waals surface area (Å²) in [5, 5.41) is 0. The summed E-state index contributed by atoms with van der Waals surface area (Å²) >= 11 is 0. The van der Waals surface area contributed by atoms with Crippen LogP contribution in [0.15, 0.2) is 22.8 Å². The maximum Gasteiger partial charge on any atom is 0.136 e. The summed E-state index contributed by atoms with van der Waals surface area (Å²) in [4.78, 5) is 12.6. The molecule has 0 heterocycles. The molecule has 0 unspecified atom stereocenters. The molecule has 20 heavy (non-hydrogen) atoms. The number of allylic oxidation sites excluding steroid dienone is 3. The molecule has 0 aliphatic heterocycles. The number of hydrogen-bond donors (Lipinski definition) is 0. The van der Waals surface area contributed by atoms with Crippen LogP contribution in [0.2, 0.25) is 0 Å². The van der Waals surface area contributed by atoms with Crippen molar-refractivity contribution in [2.75, 3.05) is 7.11 Å². The van der Waals surface area contributed by atoms with Gasteiger partial charge in [-0.3, -0.25) is 4.79 Å². The Morgan fingerprint density at radius 1 is 1.25 bits per heavy atom. The van der Waals surface area contributed by atoms with Crippen LogP contribution in [0.5, 0.6) is 0 Å². The van der Waals surface area contributed by atoms with E-state index >= 15 is 0 Å². The second-order valence-corrected chi connectivity index (χ2v) is 6.99. The average molecular weight is 274 g/mol. The van der Waals surface area contributed by atoms with E-state index in [1.54, 1.807) is 7.11 Å². The number of ketones is 1. The van der Waals surface area contributed by atoms with Crippen molar-refractivity contribution in [2.45, 2.75) is 64.9 Å². The first kappa shape index (κ1) is 14.1. The number of Topliss-reactive ketones (excluding diaryl/α,β-unsaturated/α-hetero) is 1. The summed E-state index contributed by atoms with van der Waals surface area (Å²) in [7, 11) is 1.79.